The Labute approximate surface area is 148 Å². The van der Waals surface area contributed by atoms with Gasteiger partial charge >= 0.3 is 0 Å². The molecule has 2 aromatic rings. The van der Waals surface area contributed by atoms with Crippen molar-refractivity contribution in [1.82, 2.24) is 4.98 Å². The molecule has 124 valence electrons. The average molecular weight is 388 g/mol. The van der Waals surface area contributed by atoms with Crippen molar-refractivity contribution in [2.45, 2.75) is 33.6 Å². The molecule has 0 unspecified atom stereocenters. The minimum Gasteiger partial charge on any atom is -0.326 e. The maximum Gasteiger partial charge on any atom is 0.266 e. The molecular weight excluding hydrogens is 370 g/mol. The lowest BCUT2D eigenvalue weighted by Gasteiger charge is -2.11. The first-order valence-corrected chi connectivity index (χ1v) is 8.31. The summed E-state index contributed by atoms with van der Waals surface area (Å²) < 4.78 is 0.936. The molecular formula is C18H18BrN3O2. The number of nitrogens with one attached hydrogen (secondary N) is 2. The Balaban J connectivity index is 2.11. The fraction of sp³-hybridized carbons (Fsp3) is 0.278. The second-order valence-corrected chi connectivity index (χ2v) is 6.54. The van der Waals surface area contributed by atoms with Gasteiger partial charge in [-0.3, -0.25) is 9.59 Å². The molecule has 0 aliphatic heterocycles. The van der Waals surface area contributed by atoms with E-state index < -0.39 is 0 Å². The highest BCUT2D eigenvalue weighted by Crippen LogP contribution is 2.21. The molecule has 0 saturated heterocycles. The third-order valence-corrected chi connectivity index (χ3v) is 4.83. The third-order valence-electron chi connectivity index (χ3n) is 3.98. The minimum absolute atomic E-state index is 0.110. The van der Waals surface area contributed by atoms with Crippen molar-refractivity contribution in [1.29, 1.82) is 5.26 Å². The van der Waals surface area contributed by atoms with Gasteiger partial charge in [0.15, 0.2) is 0 Å². The molecule has 1 amide bonds. The van der Waals surface area contributed by atoms with Crippen LogP contribution in [-0.2, 0) is 11.2 Å². The molecule has 2 N–H and O–H groups in total. The molecule has 1 aromatic carbocycles. The van der Waals surface area contributed by atoms with Crippen LogP contribution in [0.5, 0.6) is 0 Å². The average Bonchev–Trinajstić information content (AvgIpc) is 2.51. The number of carbonyl (C=O) groups is 1. The third kappa shape index (κ3) is 3.92. The largest absolute Gasteiger partial charge is 0.326 e. The van der Waals surface area contributed by atoms with E-state index in [1.165, 1.54) is 0 Å². The molecule has 0 radical (unpaired) electrons. The SMILES string of the molecule is Cc1ccc(NC(=O)CCc2c(C)[nH]c(=O)c(C#N)c2C)cc1Br. The van der Waals surface area contributed by atoms with E-state index in [-0.39, 0.29) is 23.5 Å². The Morgan fingerprint density at radius 3 is 2.67 bits per heavy atom. The predicted octanol–water partition coefficient (Wildman–Crippen LogP) is 3.51. The molecule has 1 aromatic heterocycles. The minimum atomic E-state index is -0.384. The molecule has 5 nitrogen and oxygen atoms in total. The Morgan fingerprint density at radius 1 is 1.33 bits per heavy atom. The first-order valence-electron chi connectivity index (χ1n) is 7.52. The number of H-pyrrole nitrogens is 1. The number of nitrogens with zero attached hydrogens (tertiary/aromatic N) is 1. The van der Waals surface area contributed by atoms with Crippen LogP contribution in [0.15, 0.2) is 27.5 Å². The number of benzene rings is 1. The molecule has 24 heavy (non-hydrogen) atoms. The lowest BCUT2D eigenvalue weighted by atomic mass is 9.99. The van der Waals surface area contributed by atoms with Crippen molar-refractivity contribution in [3.63, 3.8) is 0 Å². The van der Waals surface area contributed by atoms with Gasteiger partial charge in [0.25, 0.3) is 5.56 Å². The van der Waals surface area contributed by atoms with E-state index in [1.807, 2.05) is 31.2 Å². The number of aromatic amines is 1. The van der Waals surface area contributed by atoms with Gasteiger partial charge in [0.05, 0.1) is 0 Å². The maximum absolute atomic E-state index is 12.2. The number of aryl methyl sites for hydroxylation is 2. The van der Waals surface area contributed by atoms with Gasteiger partial charge in [-0.15, -0.1) is 0 Å². The molecule has 2 rings (SSSR count). The molecule has 0 spiro atoms. The molecule has 0 fully saturated rings. The van der Waals surface area contributed by atoms with E-state index in [0.717, 1.165) is 21.3 Å². The van der Waals surface area contributed by atoms with Gasteiger partial charge in [-0.05, 0) is 56.0 Å². The maximum atomic E-state index is 12.2. The Morgan fingerprint density at radius 2 is 2.04 bits per heavy atom. The number of amides is 1. The summed E-state index contributed by atoms with van der Waals surface area (Å²) in [4.78, 5) is 26.6. The van der Waals surface area contributed by atoms with Crippen LogP contribution in [0.4, 0.5) is 5.69 Å². The zero-order valence-corrected chi connectivity index (χ0v) is 15.4. The van der Waals surface area contributed by atoms with Crippen molar-refractivity contribution < 1.29 is 4.79 Å². The van der Waals surface area contributed by atoms with Crippen molar-refractivity contribution in [2.75, 3.05) is 5.32 Å². The van der Waals surface area contributed by atoms with E-state index in [4.69, 9.17) is 5.26 Å². The zero-order valence-electron chi connectivity index (χ0n) is 13.8. The second kappa shape index (κ2) is 7.45. The molecule has 0 saturated carbocycles. The first-order chi connectivity index (χ1) is 11.3. The topological polar surface area (TPSA) is 85.8 Å². The van der Waals surface area contributed by atoms with Gasteiger partial charge in [0, 0.05) is 22.3 Å². The summed E-state index contributed by atoms with van der Waals surface area (Å²) >= 11 is 3.44. The van der Waals surface area contributed by atoms with Crippen LogP contribution in [0.25, 0.3) is 0 Å². The van der Waals surface area contributed by atoms with Gasteiger partial charge in [-0.25, -0.2) is 0 Å². The summed E-state index contributed by atoms with van der Waals surface area (Å²) in [5.74, 6) is -0.116. The fourth-order valence-corrected chi connectivity index (χ4v) is 2.93. The van der Waals surface area contributed by atoms with Crippen LogP contribution < -0.4 is 10.9 Å². The number of anilines is 1. The summed E-state index contributed by atoms with van der Waals surface area (Å²) in [5.41, 5.74) is 3.73. The van der Waals surface area contributed by atoms with E-state index in [9.17, 15) is 9.59 Å². The van der Waals surface area contributed by atoms with Crippen LogP contribution in [0.2, 0.25) is 0 Å². The van der Waals surface area contributed by atoms with E-state index in [0.29, 0.717) is 17.7 Å². The fourth-order valence-electron chi connectivity index (χ4n) is 2.55. The number of hydrogen-bond acceptors (Lipinski definition) is 3. The van der Waals surface area contributed by atoms with Gasteiger partial charge < -0.3 is 10.3 Å². The Kier molecular flexibility index (Phi) is 5.58. The smallest absolute Gasteiger partial charge is 0.266 e. The summed E-state index contributed by atoms with van der Waals surface area (Å²) in [6.07, 6.45) is 0.728. The number of pyridine rings is 1. The molecule has 6 heteroatoms. The Bertz CT molecular complexity index is 894. The van der Waals surface area contributed by atoms with E-state index in [2.05, 4.69) is 26.2 Å². The molecule has 0 aliphatic rings. The van der Waals surface area contributed by atoms with Gasteiger partial charge in [-0.2, -0.15) is 5.26 Å². The lowest BCUT2D eigenvalue weighted by molar-refractivity contribution is -0.116. The van der Waals surface area contributed by atoms with Gasteiger partial charge in [-0.1, -0.05) is 22.0 Å². The summed E-state index contributed by atoms with van der Waals surface area (Å²) in [6.45, 7) is 5.50. The van der Waals surface area contributed by atoms with E-state index in [1.54, 1.807) is 13.8 Å². The lowest BCUT2D eigenvalue weighted by Crippen LogP contribution is -2.18. The highest BCUT2D eigenvalue weighted by atomic mass is 79.9. The highest BCUT2D eigenvalue weighted by Gasteiger charge is 2.13. The molecule has 0 atom stereocenters. The van der Waals surface area contributed by atoms with Crippen LogP contribution in [0, 0.1) is 32.1 Å². The monoisotopic (exact) mass is 387 g/mol. The van der Waals surface area contributed by atoms with Gasteiger partial charge in [0.2, 0.25) is 5.91 Å². The van der Waals surface area contributed by atoms with Crippen molar-refractivity contribution in [3.05, 3.63) is 61.0 Å². The van der Waals surface area contributed by atoms with Gasteiger partial charge in [0.1, 0.15) is 11.6 Å². The quantitative estimate of drug-likeness (QED) is 0.841. The van der Waals surface area contributed by atoms with Crippen molar-refractivity contribution in [3.8, 4) is 6.07 Å². The van der Waals surface area contributed by atoms with Crippen LogP contribution in [-0.4, -0.2) is 10.9 Å². The van der Waals surface area contributed by atoms with Crippen molar-refractivity contribution >= 4 is 27.5 Å². The Hall–Kier alpha value is -2.39. The number of aromatic nitrogens is 1. The first kappa shape index (κ1) is 18.0. The highest BCUT2D eigenvalue weighted by molar-refractivity contribution is 9.10. The van der Waals surface area contributed by atoms with Crippen molar-refractivity contribution in [2.24, 2.45) is 0 Å². The summed E-state index contributed by atoms with van der Waals surface area (Å²) in [7, 11) is 0. The standard InChI is InChI=1S/C18H18BrN3O2/c1-10-4-5-13(8-16(10)19)22-17(23)7-6-14-11(2)15(9-20)18(24)21-12(14)3/h4-5,8H,6-7H2,1-3H3,(H,21,24)(H,22,23). The number of hydrogen-bond donors (Lipinski definition) is 2. The number of carbonyl (C=O) groups excluding carboxylic acids is 1. The molecule has 0 aliphatic carbocycles. The van der Waals surface area contributed by atoms with E-state index >= 15 is 0 Å². The second-order valence-electron chi connectivity index (χ2n) is 5.68. The van der Waals surface area contributed by atoms with Crippen LogP contribution >= 0.6 is 15.9 Å². The van der Waals surface area contributed by atoms with Crippen LogP contribution in [0.1, 0.15) is 34.4 Å². The number of halogens is 1. The molecule has 0 bridgehead atoms. The number of nitriles is 1. The van der Waals surface area contributed by atoms with Crippen LogP contribution in [0.3, 0.4) is 0 Å². The summed E-state index contributed by atoms with van der Waals surface area (Å²) in [6, 6.07) is 7.55. The normalized spacial score (nSPS) is 10.3. The zero-order chi connectivity index (χ0) is 17.9. The number of rotatable bonds is 4. The molecule has 1 heterocycles. The summed E-state index contributed by atoms with van der Waals surface area (Å²) in [5, 5.41) is 11.9. The predicted molar refractivity (Wildman–Crippen MR) is 97.1 cm³/mol.